The molecule has 3 heteroatoms. The van der Waals surface area contributed by atoms with Crippen molar-refractivity contribution in [3.63, 3.8) is 0 Å². The third kappa shape index (κ3) is 5.55. The molecule has 0 spiro atoms. The van der Waals surface area contributed by atoms with Gasteiger partial charge in [-0.3, -0.25) is 0 Å². The fourth-order valence-electron chi connectivity index (χ4n) is 7.51. The summed E-state index contributed by atoms with van der Waals surface area (Å²) in [5.74, 6) is 0. The second kappa shape index (κ2) is 12.6. The van der Waals surface area contributed by atoms with E-state index < -0.39 is 5.41 Å². The predicted molar refractivity (Wildman–Crippen MR) is 203 cm³/mol. The van der Waals surface area contributed by atoms with Crippen molar-refractivity contribution in [1.29, 1.82) is 0 Å². The second-order valence-electron chi connectivity index (χ2n) is 15.3. The monoisotopic (exact) mass is 827 g/mol. The molecule has 1 aliphatic rings. The Morgan fingerprint density at radius 2 is 1.14 bits per heavy atom. The van der Waals surface area contributed by atoms with Crippen molar-refractivity contribution in [1.82, 2.24) is 9.97 Å². The van der Waals surface area contributed by atoms with Crippen LogP contribution in [-0.2, 0) is 37.3 Å². The first-order valence-electron chi connectivity index (χ1n) is 17.2. The number of rotatable bonds is 4. The number of pyridine rings is 2. The van der Waals surface area contributed by atoms with Crippen molar-refractivity contribution in [2.24, 2.45) is 0 Å². The fraction of sp³-hybridized carbons (Fsp3) is 0.191. The second-order valence-corrected chi connectivity index (χ2v) is 15.3. The Morgan fingerprint density at radius 3 is 1.84 bits per heavy atom. The van der Waals surface area contributed by atoms with Crippen molar-refractivity contribution in [3.8, 4) is 33.6 Å². The van der Waals surface area contributed by atoms with Crippen LogP contribution in [0.2, 0.25) is 0 Å². The van der Waals surface area contributed by atoms with Crippen LogP contribution in [0, 0.1) is 12.1 Å². The van der Waals surface area contributed by atoms with Crippen molar-refractivity contribution in [2.45, 2.75) is 57.8 Å². The van der Waals surface area contributed by atoms with Gasteiger partial charge in [-0.05, 0) is 72.9 Å². The Labute approximate surface area is 311 Å². The van der Waals surface area contributed by atoms with E-state index in [9.17, 15) is 0 Å². The van der Waals surface area contributed by atoms with Crippen molar-refractivity contribution >= 4 is 10.8 Å². The molecule has 0 radical (unpaired) electrons. The maximum atomic E-state index is 4.99. The summed E-state index contributed by atoms with van der Waals surface area (Å²) in [4.78, 5) is 9.84. The Morgan fingerprint density at radius 1 is 0.520 bits per heavy atom. The van der Waals surface area contributed by atoms with Gasteiger partial charge < -0.3 is 9.97 Å². The van der Waals surface area contributed by atoms with Gasteiger partial charge in [-0.1, -0.05) is 120 Å². The van der Waals surface area contributed by atoms with Crippen molar-refractivity contribution in [3.05, 3.63) is 179 Å². The van der Waals surface area contributed by atoms with Crippen molar-refractivity contribution < 1.29 is 21.1 Å². The van der Waals surface area contributed by atoms with E-state index >= 15 is 0 Å². The van der Waals surface area contributed by atoms with Gasteiger partial charge in [-0.25, -0.2) is 0 Å². The molecule has 0 aliphatic heterocycles. The molecule has 2 heterocycles. The Bertz CT molecular complexity index is 2320. The van der Waals surface area contributed by atoms with Crippen LogP contribution in [0.4, 0.5) is 0 Å². The Hall–Kier alpha value is -4.65. The van der Waals surface area contributed by atoms with Crippen molar-refractivity contribution in [2.75, 3.05) is 0 Å². The molecule has 0 unspecified atom stereocenters. The summed E-state index contributed by atoms with van der Waals surface area (Å²) in [6.45, 7) is 13.6. The van der Waals surface area contributed by atoms with Gasteiger partial charge in [0.05, 0.1) is 0 Å². The van der Waals surface area contributed by atoms with Crippen LogP contribution < -0.4 is 0 Å². The summed E-state index contributed by atoms with van der Waals surface area (Å²) in [7, 11) is 0. The third-order valence-corrected chi connectivity index (χ3v) is 10.1. The molecule has 0 atom stereocenters. The van der Waals surface area contributed by atoms with Crippen LogP contribution in [0.15, 0.2) is 134 Å². The van der Waals surface area contributed by atoms with E-state index in [1.807, 2.05) is 12.4 Å². The number of fused-ring (bicyclic) bond motifs is 4. The maximum absolute atomic E-state index is 4.99. The van der Waals surface area contributed by atoms with Crippen LogP contribution in [-0.4, -0.2) is 9.97 Å². The molecule has 0 amide bonds. The van der Waals surface area contributed by atoms with E-state index in [0.29, 0.717) is 0 Å². The topological polar surface area (TPSA) is 25.8 Å². The van der Waals surface area contributed by atoms with Gasteiger partial charge in [0, 0.05) is 17.8 Å². The number of benzene rings is 5. The molecule has 248 valence electrons. The molecular formula is C47H40N2Pt. The summed E-state index contributed by atoms with van der Waals surface area (Å²) in [5, 5.41) is 2.29. The first-order chi connectivity index (χ1) is 23.5. The predicted octanol–water partition coefficient (Wildman–Crippen LogP) is 11.5. The van der Waals surface area contributed by atoms with E-state index in [1.54, 1.807) is 0 Å². The summed E-state index contributed by atoms with van der Waals surface area (Å²) in [5.41, 5.74) is 12.7. The molecule has 0 saturated carbocycles. The van der Waals surface area contributed by atoms with E-state index in [1.165, 1.54) is 38.8 Å². The molecule has 5 aromatic carbocycles. The summed E-state index contributed by atoms with van der Waals surface area (Å²) >= 11 is 0. The minimum absolute atomic E-state index is 0. The zero-order chi connectivity index (χ0) is 34.0. The molecule has 0 saturated heterocycles. The molecule has 7 aromatic rings. The Kier molecular flexibility index (Phi) is 8.52. The van der Waals surface area contributed by atoms with Gasteiger partial charge in [0.15, 0.2) is 0 Å². The number of nitrogens with zero attached hydrogens (tertiary/aromatic N) is 2. The van der Waals surface area contributed by atoms with Gasteiger partial charge in [-0.2, -0.15) is 0 Å². The van der Waals surface area contributed by atoms with Crippen LogP contribution in [0.25, 0.3) is 44.4 Å². The van der Waals surface area contributed by atoms with Crippen LogP contribution in [0.3, 0.4) is 0 Å². The summed E-state index contributed by atoms with van der Waals surface area (Å²) in [6.07, 6.45) is 3.84. The zero-order valence-corrected chi connectivity index (χ0v) is 31.7. The van der Waals surface area contributed by atoms with Crippen LogP contribution >= 0.6 is 0 Å². The van der Waals surface area contributed by atoms with Gasteiger partial charge in [0.2, 0.25) is 0 Å². The Balaban J connectivity index is 0.00000392. The smallest absolute Gasteiger partial charge is 0.305 e. The number of aromatic nitrogens is 2. The largest absolute Gasteiger partial charge is 2.00 e. The average Bonchev–Trinajstić information content (AvgIpc) is 3.42. The molecule has 0 fully saturated rings. The average molecular weight is 828 g/mol. The minimum Gasteiger partial charge on any atom is -0.305 e. The molecular weight excluding hydrogens is 788 g/mol. The first-order valence-corrected chi connectivity index (χ1v) is 17.2. The molecule has 2 aromatic heterocycles. The van der Waals surface area contributed by atoms with Crippen LogP contribution in [0.1, 0.15) is 74.9 Å². The van der Waals surface area contributed by atoms with E-state index in [2.05, 4.69) is 175 Å². The molecule has 0 bridgehead atoms. The van der Waals surface area contributed by atoms with Gasteiger partial charge in [0.1, 0.15) is 0 Å². The zero-order valence-electron chi connectivity index (χ0n) is 29.4. The van der Waals surface area contributed by atoms with E-state index in [-0.39, 0.29) is 31.9 Å². The van der Waals surface area contributed by atoms with Gasteiger partial charge in [0.25, 0.3) is 0 Å². The molecule has 8 rings (SSSR count). The van der Waals surface area contributed by atoms with E-state index in [4.69, 9.17) is 9.97 Å². The standard InChI is InChI=1S/C47H40N2.Pt/c1-45(2,3)34-23-25-48-43(30-34)32-15-13-16-35(26-32)47(41-20-11-9-18-39(41)40-19-10-12-21-42(40)47)37-28-33(27-36(29-37)46(4,5)6)44-38-17-8-7-14-31(38)22-24-49-44;/h7-25,27,29-30H,1-6H3;/q-2;+2. The minimum atomic E-state index is -0.675. The summed E-state index contributed by atoms with van der Waals surface area (Å²) < 4.78 is 0. The number of hydrogen-bond acceptors (Lipinski definition) is 2. The number of hydrogen-bond donors (Lipinski definition) is 0. The van der Waals surface area contributed by atoms with E-state index in [0.717, 1.165) is 39.0 Å². The third-order valence-electron chi connectivity index (χ3n) is 10.1. The quantitative estimate of drug-likeness (QED) is 0.165. The molecule has 0 N–H and O–H groups in total. The van der Waals surface area contributed by atoms with Gasteiger partial charge in [-0.15, -0.1) is 70.3 Å². The molecule has 1 aliphatic carbocycles. The normalized spacial score (nSPS) is 13.4. The molecule has 50 heavy (non-hydrogen) atoms. The first kappa shape index (κ1) is 33.8. The van der Waals surface area contributed by atoms with Gasteiger partial charge >= 0.3 is 21.1 Å². The maximum Gasteiger partial charge on any atom is 2.00 e. The fourth-order valence-corrected chi connectivity index (χ4v) is 7.51. The van der Waals surface area contributed by atoms with Crippen LogP contribution in [0.5, 0.6) is 0 Å². The SMILES string of the molecule is CC(C)(C)c1cc(-c2nccc3ccccc23)[c-]c(C2(c3[c-]c(-c4cc(C(C)(C)C)ccn4)ccc3)c3ccccc3-c3ccccc32)c1.[Pt+2]. The molecule has 2 nitrogen and oxygen atoms in total. The summed E-state index contributed by atoms with van der Waals surface area (Å²) in [6, 6.07) is 51.8.